The van der Waals surface area contributed by atoms with Crippen LogP contribution in [0.1, 0.15) is 39.9 Å². The van der Waals surface area contributed by atoms with Crippen molar-refractivity contribution in [3.05, 3.63) is 98.4 Å². The molecule has 2 aromatic carbocycles. The zero-order valence-corrected chi connectivity index (χ0v) is 16.2. The molecule has 0 bridgehead atoms. The first-order valence-corrected chi connectivity index (χ1v) is 9.85. The Kier molecular flexibility index (Phi) is 5.31. The smallest absolute Gasteiger partial charge is 0.255 e. The number of aromatic nitrogens is 1. The van der Waals surface area contributed by atoms with Gasteiger partial charge in [0.25, 0.3) is 11.5 Å². The maximum atomic E-state index is 12.7. The number of carbonyl (C=O) groups is 1. The number of amides is 1. The van der Waals surface area contributed by atoms with E-state index in [1.807, 2.05) is 30.3 Å². The quantitative estimate of drug-likeness (QED) is 0.700. The van der Waals surface area contributed by atoms with Crippen molar-refractivity contribution < 1.29 is 4.79 Å². The monoisotopic (exact) mass is 392 g/mol. The third-order valence-corrected chi connectivity index (χ3v) is 5.52. The number of fused-ring (bicyclic) bond motifs is 1. The van der Waals surface area contributed by atoms with E-state index in [9.17, 15) is 9.59 Å². The third-order valence-electron chi connectivity index (χ3n) is 5.15. The van der Waals surface area contributed by atoms with Crippen molar-refractivity contribution in [2.75, 3.05) is 5.32 Å². The minimum atomic E-state index is -0.170. The molecule has 0 saturated heterocycles. The molecular formula is C23H21ClN2O2. The number of aryl methyl sites for hydroxylation is 2. The fraction of sp³-hybridized carbons (Fsp3) is 0.217. The fourth-order valence-corrected chi connectivity index (χ4v) is 3.81. The maximum absolute atomic E-state index is 12.7. The second kappa shape index (κ2) is 8.03. The molecule has 1 aliphatic rings. The maximum Gasteiger partial charge on any atom is 0.255 e. The number of benzene rings is 2. The lowest BCUT2D eigenvalue weighted by atomic mass is 9.90. The van der Waals surface area contributed by atoms with Crippen LogP contribution in [0, 0.1) is 0 Å². The SMILES string of the molecule is O=C(Nc1ccc(=O)n(Cc2ccccc2Cl)c1)c1ccc2c(c1)CCCC2. The van der Waals surface area contributed by atoms with Crippen LogP contribution in [-0.2, 0) is 19.4 Å². The molecule has 1 amide bonds. The normalized spacial score (nSPS) is 13.0. The summed E-state index contributed by atoms with van der Waals surface area (Å²) in [6.07, 6.45) is 6.15. The Labute approximate surface area is 168 Å². The molecule has 5 heteroatoms. The molecule has 4 nitrogen and oxygen atoms in total. The summed E-state index contributed by atoms with van der Waals surface area (Å²) in [4.78, 5) is 24.9. The van der Waals surface area contributed by atoms with Gasteiger partial charge >= 0.3 is 0 Å². The van der Waals surface area contributed by atoms with Gasteiger partial charge in [0.15, 0.2) is 0 Å². The topological polar surface area (TPSA) is 51.1 Å². The van der Waals surface area contributed by atoms with Crippen molar-refractivity contribution in [3.63, 3.8) is 0 Å². The highest BCUT2D eigenvalue weighted by Gasteiger charge is 2.13. The Hall–Kier alpha value is -2.85. The van der Waals surface area contributed by atoms with E-state index in [1.54, 1.807) is 22.9 Å². The van der Waals surface area contributed by atoms with Crippen molar-refractivity contribution in [1.82, 2.24) is 4.57 Å². The van der Waals surface area contributed by atoms with Crippen molar-refractivity contribution in [1.29, 1.82) is 0 Å². The number of pyridine rings is 1. The second-order valence-electron chi connectivity index (χ2n) is 7.12. The number of nitrogens with zero attached hydrogens (tertiary/aromatic N) is 1. The zero-order chi connectivity index (χ0) is 19.5. The van der Waals surface area contributed by atoms with Gasteiger partial charge in [0.05, 0.1) is 12.2 Å². The molecule has 1 N–H and O–H groups in total. The van der Waals surface area contributed by atoms with E-state index in [1.165, 1.54) is 30.0 Å². The molecule has 142 valence electrons. The van der Waals surface area contributed by atoms with Gasteiger partial charge in [0.1, 0.15) is 0 Å². The van der Waals surface area contributed by atoms with Crippen LogP contribution in [-0.4, -0.2) is 10.5 Å². The van der Waals surface area contributed by atoms with E-state index in [0.29, 0.717) is 22.8 Å². The van der Waals surface area contributed by atoms with Crippen molar-refractivity contribution in [2.24, 2.45) is 0 Å². The van der Waals surface area contributed by atoms with Gasteiger partial charge in [-0.05, 0) is 66.6 Å². The predicted octanol–water partition coefficient (Wildman–Crippen LogP) is 4.68. The van der Waals surface area contributed by atoms with Crippen molar-refractivity contribution in [2.45, 2.75) is 32.2 Å². The minimum Gasteiger partial charge on any atom is -0.321 e. The van der Waals surface area contributed by atoms with Crippen LogP contribution in [0.2, 0.25) is 5.02 Å². The van der Waals surface area contributed by atoms with Crippen LogP contribution < -0.4 is 10.9 Å². The Morgan fingerprint density at radius 2 is 1.79 bits per heavy atom. The lowest BCUT2D eigenvalue weighted by molar-refractivity contribution is 0.102. The lowest BCUT2D eigenvalue weighted by Gasteiger charge is -2.16. The molecule has 0 fully saturated rings. The largest absolute Gasteiger partial charge is 0.321 e. The van der Waals surface area contributed by atoms with Crippen molar-refractivity contribution in [3.8, 4) is 0 Å². The van der Waals surface area contributed by atoms with Crippen LogP contribution >= 0.6 is 11.6 Å². The number of anilines is 1. The molecule has 1 aliphatic carbocycles. The average Bonchev–Trinajstić information content (AvgIpc) is 2.71. The Morgan fingerprint density at radius 3 is 2.61 bits per heavy atom. The van der Waals surface area contributed by atoms with E-state index >= 15 is 0 Å². The van der Waals surface area contributed by atoms with Gasteiger partial charge in [0, 0.05) is 22.8 Å². The molecule has 0 aliphatic heterocycles. The number of hydrogen-bond donors (Lipinski definition) is 1. The molecule has 0 unspecified atom stereocenters. The molecule has 4 rings (SSSR count). The minimum absolute atomic E-state index is 0.147. The first kappa shape index (κ1) is 18.5. The number of halogens is 1. The molecule has 1 aromatic heterocycles. The molecular weight excluding hydrogens is 372 g/mol. The summed E-state index contributed by atoms with van der Waals surface area (Å²) in [5.74, 6) is -0.170. The molecule has 3 aromatic rings. The zero-order valence-electron chi connectivity index (χ0n) is 15.5. The van der Waals surface area contributed by atoms with E-state index in [-0.39, 0.29) is 11.5 Å². The summed E-state index contributed by atoms with van der Waals surface area (Å²) in [5.41, 5.74) is 4.54. The molecule has 28 heavy (non-hydrogen) atoms. The fourth-order valence-electron chi connectivity index (χ4n) is 3.62. The van der Waals surface area contributed by atoms with E-state index in [0.717, 1.165) is 18.4 Å². The standard InChI is InChI=1S/C23H21ClN2O2/c24-21-8-4-3-7-19(21)14-26-15-20(11-12-22(26)27)25-23(28)18-10-9-16-5-1-2-6-17(16)13-18/h3-4,7-13,15H,1-2,5-6,14H2,(H,25,28). The predicted molar refractivity (Wildman–Crippen MR) is 112 cm³/mol. The highest BCUT2D eigenvalue weighted by atomic mass is 35.5. The number of nitrogens with one attached hydrogen (secondary N) is 1. The molecule has 1 heterocycles. The van der Waals surface area contributed by atoms with Gasteiger partial charge in [-0.25, -0.2) is 0 Å². The first-order valence-electron chi connectivity index (χ1n) is 9.47. The van der Waals surface area contributed by atoms with Crippen LogP contribution in [0.3, 0.4) is 0 Å². The summed E-state index contributed by atoms with van der Waals surface area (Å²) >= 11 is 6.20. The third kappa shape index (κ3) is 4.02. The summed E-state index contributed by atoms with van der Waals surface area (Å²) < 4.78 is 1.55. The first-order chi connectivity index (χ1) is 13.6. The van der Waals surface area contributed by atoms with Crippen molar-refractivity contribution >= 4 is 23.2 Å². The number of carbonyl (C=O) groups excluding carboxylic acids is 1. The highest BCUT2D eigenvalue weighted by molar-refractivity contribution is 6.31. The van der Waals surface area contributed by atoms with Gasteiger partial charge in [-0.1, -0.05) is 35.9 Å². The average molecular weight is 393 g/mol. The van der Waals surface area contributed by atoms with E-state index in [4.69, 9.17) is 11.6 Å². The molecule has 0 atom stereocenters. The van der Waals surface area contributed by atoms with Gasteiger partial charge in [0.2, 0.25) is 0 Å². The Balaban J connectivity index is 1.54. The van der Waals surface area contributed by atoms with Gasteiger partial charge in [-0.2, -0.15) is 0 Å². The summed E-state index contributed by atoms with van der Waals surface area (Å²) in [6.45, 7) is 0.348. The second-order valence-corrected chi connectivity index (χ2v) is 7.53. The highest BCUT2D eigenvalue weighted by Crippen LogP contribution is 2.23. The summed E-state index contributed by atoms with van der Waals surface area (Å²) in [6, 6.07) is 16.4. The van der Waals surface area contributed by atoms with Gasteiger partial charge < -0.3 is 9.88 Å². The van der Waals surface area contributed by atoms with Crippen LogP contribution in [0.25, 0.3) is 0 Å². The van der Waals surface area contributed by atoms with Gasteiger partial charge in [-0.15, -0.1) is 0 Å². The lowest BCUT2D eigenvalue weighted by Crippen LogP contribution is -2.21. The van der Waals surface area contributed by atoms with Crippen LogP contribution in [0.5, 0.6) is 0 Å². The molecule has 0 radical (unpaired) electrons. The number of rotatable bonds is 4. The molecule has 0 spiro atoms. The molecule has 0 saturated carbocycles. The van der Waals surface area contributed by atoms with E-state index < -0.39 is 0 Å². The van der Waals surface area contributed by atoms with Gasteiger partial charge in [-0.3, -0.25) is 9.59 Å². The Morgan fingerprint density at radius 1 is 1.00 bits per heavy atom. The summed E-state index contributed by atoms with van der Waals surface area (Å²) in [5, 5.41) is 3.51. The Bertz CT molecular complexity index is 1090. The number of hydrogen-bond acceptors (Lipinski definition) is 2. The van der Waals surface area contributed by atoms with E-state index in [2.05, 4.69) is 11.4 Å². The van der Waals surface area contributed by atoms with Crippen LogP contribution in [0.15, 0.2) is 65.6 Å². The van der Waals surface area contributed by atoms with Crippen LogP contribution in [0.4, 0.5) is 5.69 Å². The summed E-state index contributed by atoms with van der Waals surface area (Å²) in [7, 11) is 0.